The van der Waals surface area contributed by atoms with Crippen LogP contribution >= 0.6 is 34.7 Å². The average molecular weight is 502 g/mol. The molecule has 0 saturated heterocycles. The van der Waals surface area contributed by atoms with Crippen LogP contribution in [0.2, 0.25) is 5.02 Å². The second-order valence-electron chi connectivity index (χ2n) is 7.61. The van der Waals surface area contributed by atoms with Gasteiger partial charge in [-0.1, -0.05) is 29.8 Å². The summed E-state index contributed by atoms with van der Waals surface area (Å²) < 4.78 is 7.39. The van der Waals surface area contributed by atoms with Gasteiger partial charge in [-0.15, -0.1) is 21.5 Å². The number of carbonyl (C=O) groups excluding carboxylic acids is 1. The Bertz CT molecular complexity index is 1210. The second-order valence-corrected chi connectivity index (χ2v) is 10.1. The third-order valence-corrected chi connectivity index (χ3v) is 7.96. The minimum absolute atomic E-state index is 0.165. The quantitative estimate of drug-likeness (QED) is 0.336. The minimum atomic E-state index is -0.166. The minimum Gasteiger partial charge on any atom is -0.496 e. The standard InChI is InChI=1S/C23H24ClN5O2S2/c1-3-29-21(16-11-14(24)9-10-18(16)31-2)27-28-23(29)32-13-20(30)26-22-17(12-25)15-7-5-4-6-8-19(15)33-22/h9-11H,3-8,13H2,1-2H3,(H,26,30). The summed E-state index contributed by atoms with van der Waals surface area (Å²) in [6, 6.07) is 7.65. The van der Waals surface area contributed by atoms with Crippen LogP contribution < -0.4 is 10.1 Å². The number of thioether (sulfide) groups is 1. The van der Waals surface area contributed by atoms with Crippen LogP contribution in [0.3, 0.4) is 0 Å². The number of fused-ring (bicyclic) bond motifs is 1. The number of nitriles is 1. The highest BCUT2D eigenvalue weighted by Gasteiger charge is 2.22. The van der Waals surface area contributed by atoms with Crippen molar-refractivity contribution in [2.75, 3.05) is 18.2 Å². The Morgan fingerprint density at radius 1 is 1.33 bits per heavy atom. The number of halogens is 1. The summed E-state index contributed by atoms with van der Waals surface area (Å²) in [7, 11) is 1.60. The van der Waals surface area contributed by atoms with E-state index in [1.54, 1.807) is 36.6 Å². The molecule has 0 bridgehead atoms. The second kappa shape index (κ2) is 10.6. The van der Waals surface area contributed by atoms with Gasteiger partial charge in [0.1, 0.15) is 16.8 Å². The van der Waals surface area contributed by atoms with E-state index in [9.17, 15) is 10.1 Å². The largest absolute Gasteiger partial charge is 0.496 e. The number of nitrogens with zero attached hydrogens (tertiary/aromatic N) is 4. The lowest BCUT2D eigenvalue weighted by molar-refractivity contribution is -0.113. The fraction of sp³-hybridized carbons (Fsp3) is 0.391. The number of hydrogen-bond acceptors (Lipinski definition) is 7. The van der Waals surface area contributed by atoms with Crippen LogP contribution in [-0.4, -0.2) is 33.5 Å². The van der Waals surface area contributed by atoms with Crippen LogP contribution in [0.1, 0.15) is 42.2 Å². The molecule has 0 saturated carbocycles. The average Bonchev–Trinajstić information content (AvgIpc) is 3.29. The molecule has 10 heteroatoms. The predicted molar refractivity (Wildman–Crippen MR) is 132 cm³/mol. The van der Waals surface area contributed by atoms with Crippen LogP contribution in [0.4, 0.5) is 5.00 Å². The Hall–Kier alpha value is -2.54. The topological polar surface area (TPSA) is 92.8 Å². The monoisotopic (exact) mass is 501 g/mol. The lowest BCUT2D eigenvalue weighted by Crippen LogP contribution is -2.14. The van der Waals surface area contributed by atoms with Crippen LogP contribution in [0.25, 0.3) is 11.4 Å². The molecule has 1 N–H and O–H groups in total. The zero-order chi connectivity index (χ0) is 23.4. The van der Waals surface area contributed by atoms with Gasteiger partial charge in [-0.05, 0) is 56.4 Å². The molecule has 4 rings (SSSR count). The molecule has 172 valence electrons. The molecule has 0 unspecified atom stereocenters. The molecule has 0 spiro atoms. The van der Waals surface area contributed by atoms with Crippen LogP contribution in [0.15, 0.2) is 23.4 Å². The van der Waals surface area contributed by atoms with E-state index in [0.717, 1.165) is 36.8 Å². The number of methoxy groups -OCH3 is 1. The van der Waals surface area contributed by atoms with Crippen molar-refractivity contribution in [1.29, 1.82) is 5.26 Å². The van der Waals surface area contributed by atoms with Gasteiger partial charge in [0.05, 0.1) is 24.0 Å². The Kier molecular flexibility index (Phi) is 7.58. The smallest absolute Gasteiger partial charge is 0.235 e. The summed E-state index contributed by atoms with van der Waals surface area (Å²) in [5.41, 5.74) is 2.49. The van der Waals surface area contributed by atoms with Crippen molar-refractivity contribution in [2.45, 2.75) is 50.7 Å². The van der Waals surface area contributed by atoms with Crippen molar-refractivity contribution in [1.82, 2.24) is 14.8 Å². The molecule has 2 heterocycles. The van der Waals surface area contributed by atoms with Gasteiger partial charge in [0.15, 0.2) is 11.0 Å². The molecule has 1 aliphatic rings. The first-order valence-corrected chi connectivity index (χ1v) is 13.0. The van der Waals surface area contributed by atoms with E-state index in [2.05, 4.69) is 21.6 Å². The molecule has 1 aromatic carbocycles. The van der Waals surface area contributed by atoms with E-state index in [0.29, 0.717) is 38.9 Å². The molecule has 1 aliphatic carbocycles. The fourth-order valence-corrected chi connectivity index (χ4v) is 6.21. The van der Waals surface area contributed by atoms with E-state index in [1.165, 1.54) is 23.1 Å². The maximum Gasteiger partial charge on any atom is 0.235 e. The maximum atomic E-state index is 12.7. The lowest BCUT2D eigenvalue weighted by Gasteiger charge is -2.11. The van der Waals surface area contributed by atoms with E-state index in [1.807, 2.05) is 11.5 Å². The number of carbonyl (C=O) groups is 1. The molecule has 0 aliphatic heterocycles. The van der Waals surface area contributed by atoms with Gasteiger partial charge in [-0.2, -0.15) is 5.26 Å². The van der Waals surface area contributed by atoms with Crippen molar-refractivity contribution in [3.63, 3.8) is 0 Å². The van der Waals surface area contributed by atoms with Crippen molar-refractivity contribution < 1.29 is 9.53 Å². The summed E-state index contributed by atoms with van der Waals surface area (Å²) in [5.74, 6) is 1.28. The molecule has 0 fully saturated rings. The molecule has 33 heavy (non-hydrogen) atoms. The first-order valence-electron chi connectivity index (χ1n) is 10.8. The normalized spacial score (nSPS) is 13.2. The lowest BCUT2D eigenvalue weighted by atomic mass is 10.1. The Balaban J connectivity index is 1.49. The van der Waals surface area contributed by atoms with Crippen molar-refractivity contribution in [2.24, 2.45) is 0 Å². The molecule has 3 aromatic rings. The Labute approximate surface area is 206 Å². The molecule has 2 aromatic heterocycles. The van der Waals surface area contributed by atoms with Crippen LogP contribution in [-0.2, 0) is 24.2 Å². The fourth-order valence-electron chi connectivity index (χ4n) is 3.98. The number of thiophene rings is 1. The van der Waals surface area contributed by atoms with Gasteiger partial charge < -0.3 is 14.6 Å². The Morgan fingerprint density at radius 3 is 2.91 bits per heavy atom. The number of benzene rings is 1. The van der Waals surface area contributed by atoms with Crippen molar-refractivity contribution in [3.8, 4) is 23.2 Å². The summed E-state index contributed by atoms with van der Waals surface area (Å²) in [5, 5.41) is 23.1. The molecular formula is C23H24ClN5O2S2. The van der Waals surface area contributed by atoms with Gasteiger partial charge in [0.2, 0.25) is 5.91 Å². The first-order chi connectivity index (χ1) is 16.0. The van der Waals surface area contributed by atoms with Crippen LogP contribution in [0.5, 0.6) is 5.75 Å². The number of aromatic nitrogens is 3. The van der Waals surface area contributed by atoms with E-state index in [4.69, 9.17) is 16.3 Å². The molecule has 7 nitrogen and oxygen atoms in total. The number of rotatable bonds is 7. The molecule has 0 atom stereocenters. The highest BCUT2D eigenvalue weighted by atomic mass is 35.5. The molecule has 1 amide bonds. The highest BCUT2D eigenvalue weighted by molar-refractivity contribution is 7.99. The number of aryl methyl sites for hydroxylation is 1. The van der Waals surface area contributed by atoms with Gasteiger partial charge in [-0.3, -0.25) is 4.79 Å². The first kappa shape index (κ1) is 23.6. The number of hydrogen-bond donors (Lipinski definition) is 1. The van der Waals surface area contributed by atoms with E-state index in [-0.39, 0.29) is 11.7 Å². The third kappa shape index (κ3) is 5.03. The maximum absolute atomic E-state index is 12.7. The molecule has 0 radical (unpaired) electrons. The number of ether oxygens (including phenoxy) is 1. The zero-order valence-corrected chi connectivity index (χ0v) is 20.9. The third-order valence-electron chi connectivity index (χ3n) is 5.55. The van der Waals surface area contributed by atoms with Crippen molar-refractivity contribution >= 4 is 45.6 Å². The zero-order valence-electron chi connectivity index (χ0n) is 18.5. The number of nitrogens with one attached hydrogen (secondary N) is 1. The molecular weight excluding hydrogens is 478 g/mol. The van der Waals surface area contributed by atoms with Gasteiger partial charge >= 0.3 is 0 Å². The SMILES string of the molecule is CCn1c(SCC(=O)Nc2sc3c(c2C#N)CCCCC3)nnc1-c1cc(Cl)ccc1OC. The van der Waals surface area contributed by atoms with Crippen LogP contribution in [0, 0.1) is 11.3 Å². The highest BCUT2D eigenvalue weighted by Crippen LogP contribution is 2.37. The van der Waals surface area contributed by atoms with Gasteiger partial charge in [-0.25, -0.2) is 0 Å². The summed E-state index contributed by atoms with van der Waals surface area (Å²) in [6.45, 7) is 2.62. The summed E-state index contributed by atoms with van der Waals surface area (Å²) >= 11 is 9.03. The van der Waals surface area contributed by atoms with Gasteiger partial charge in [0, 0.05) is 16.4 Å². The summed E-state index contributed by atoms with van der Waals surface area (Å²) in [6.07, 6.45) is 5.30. The Morgan fingerprint density at radius 2 is 2.15 bits per heavy atom. The van der Waals surface area contributed by atoms with E-state index < -0.39 is 0 Å². The summed E-state index contributed by atoms with van der Waals surface area (Å²) in [4.78, 5) is 14.0. The predicted octanol–water partition coefficient (Wildman–Crippen LogP) is 5.56. The van der Waals surface area contributed by atoms with E-state index >= 15 is 0 Å². The van der Waals surface area contributed by atoms with Crippen molar-refractivity contribution in [3.05, 3.63) is 39.2 Å². The number of anilines is 1. The number of amides is 1. The van der Waals surface area contributed by atoms with Gasteiger partial charge in [0.25, 0.3) is 0 Å².